The van der Waals surface area contributed by atoms with Crippen molar-refractivity contribution in [1.82, 2.24) is 4.98 Å². The summed E-state index contributed by atoms with van der Waals surface area (Å²) in [4.78, 5) is 4.29. The van der Waals surface area contributed by atoms with Gasteiger partial charge in [-0.05, 0) is 31.5 Å². The molecule has 0 spiro atoms. The third kappa shape index (κ3) is 2.45. The monoisotopic (exact) mass is 278 g/mol. The van der Waals surface area contributed by atoms with Crippen molar-refractivity contribution in [3.8, 4) is 0 Å². The number of aromatic nitrogens is 1. The first-order chi connectivity index (χ1) is 9.31. The molecule has 3 unspecified atom stereocenters. The van der Waals surface area contributed by atoms with E-state index < -0.39 is 0 Å². The van der Waals surface area contributed by atoms with Crippen LogP contribution in [0, 0.1) is 0 Å². The van der Waals surface area contributed by atoms with Crippen molar-refractivity contribution >= 4 is 27.2 Å². The van der Waals surface area contributed by atoms with Gasteiger partial charge in [0.1, 0.15) is 6.10 Å². The van der Waals surface area contributed by atoms with Crippen LogP contribution in [0.2, 0.25) is 0 Å². The predicted molar refractivity (Wildman–Crippen MR) is 77.9 cm³/mol. The minimum atomic E-state index is 0.136. The molecule has 4 nitrogen and oxygen atoms in total. The topological polar surface area (TPSA) is 43.4 Å². The first-order valence-corrected chi connectivity index (χ1v) is 7.44. The van der Waals surface area contributed by atoms with E-state index in [0.29, 0.717) is 6.04 Å². The highest BCUT2D eigenvalue weighted by molar-refractivity contribution is 7.16. The number of nitrogens with one attached hydrogen (secondary N) is 1. The molecule has 0 aliphatic heterocycles. The molecule has 1 aromatic carbocycles. The molecule has 1 aromatic heterocycles. The van der Waals surface area contributed by atoms with Crippen LogP contribution in [0.25, 0.3) is 10.2 Å². The lowest BCUT2D eigenvalue weighted by Gasteiger charge is -2.43. The van der Waals surface area contributed by atoms with Gasteiger partial charge in [0.25, 0.3) is 0 Å². The number of methoxy groups -OCH3 is 1. The molecule has 1 aliphatic rings. The van der Waals surface area contributed by atoms with Crippen molar-refractivity contribution in [1.29, 1.82) is 0 Å². The fourth-order valence-corrected chi connectivity index (χ4v) is 3.29. The van der Waals surface area contributed by atoms with Gasteiger partial charge in [-0.1, -0.05) is 0 Å². The minimum absolute atomic E-state index is 0.136. The van der Waals surface area contributed by atoms with Gasteiger partial charge in [-0.3, -0.25) is 0 Å². The summed E-state index contributed by atoms with van der Waals surface area (Å²) in [7, 11) is 1.75. The molecule has 3 rings (SSSR count). The number of rotatable bonds is 5. The molecular formula is C14H18N2O2S. The molecule has 0 amide bonds. The zero-order chi connectivity index (χ0) is 13.2. The SMILES string of the molecule is CCOC1CC(Nc2ccc3ncsc3c2)C1OC. The van der Waals surface area contributed by atoms with Crippen LogP contribution in [0.5, 0.6) is 0 Å². The van der Waals surface area contributed by atoms with Gasteiger partial charge in [-0.25, -0.2) is 4.98 Å². The number of thiazole rings is 1. The van der Waals surface area contributed by atoms with Crippen LogP contribution < -0.4 is 5.32 Å². The largest absolute Gasteiger partial charge is 0.379 e. The normalized spacial score (nSPS) is 26.3. The summed E-state index contributed by atoms with van der Waals surface area (Å²) in [5.41, 5.74) is 4.05. The fourth-order valence-electron chi connectivity index (χ4n) is 2.57. The Labute approximate surface area is 116 Å². The van der Waals surface area contributed by atoms with Gasteiger partial charge >= 0.3 is 0 Å². The van der Waals surface area contributed by atoms with Crippen molar-refractivity contribution < 1.29 is 9.47 Å². The molecule has 1 N–H and O–H groups in total. The van der Waals surface area contributed by atoms with Gasteiger partial charge in [0.05, 0.1) is 27.9 Å². The van der Waals surface area contributed by atoms with Gasteiger partial charge < -0.3 is 14.8 Å². The van der Waals surface area contributed by atoms with Crippen LogP contribution in [-0.2, 0) is 9.47 Å². The summed E-state index contributed by atoms with van der Waals surface area (Å²) in [5.74, 6) is 0. The maximum Gasteiger partial charge on any atom is 0.103 e. The van der Waals surface area contributed by atoms with Crippen LogP contribution in [0.4, 0.5) is 5.69 Å². The first-order valence-electron chi connectivity index (χ1n) is 6.56. The molecule has 1 saturated carbocycles. The number of ether oxygens (including phenoxy) is 2. The summed E-state index contributed by atoms with van der Waals surface area (Å²) >= 11 is 1.66. The van der Waals surface area contributed by atoms with E-state index in [-0.39, 0.29) is 12.2 Å². The van der Waals surface area contributed by atoms with Crippen molar-refractivity contribution in [2.45, 2.75) is 31.6 Å². The lowest BCUT2D eigenvalue weighted by molar-refractivity contribution is -0.118. The Morgan fingerprint density at radius 2 is 2.37 bits per heavy atom. The predicted octanol–water partition coefficient (Wildman–Crippen LogP) is 2.90. The van der Waals surface area contributed by atoms with Crippen LogP contribution in [-0.4, -0.2) is 37.0 Å². The maximum absolute atomic E-state index is 5.63. The highest BCUT2D eigenvalue weighted by Crippen LogP contribution is 2.31. The smallest absolute Gasteiger partial charge is 0.103 e. The molecule has 0 bridgehead atoms. The standard InChI is InChI=1S/C14H18N2O2S/c1-3-18-12-7-11(14(12)17-2)16-9-4-5-10-13(6-9)19-8-15-10/h4-6,8,11-12,14,16H,3,7H2,1-2H3. The minimum Gasteiger partial charge on any atom is -0.379 e. The molecular weight excluding hydrogens is 260 g/mol. The molecule has 2 aromatic rings. The van der Waals surface area contributed by atoms with Crippen molar-refractivity contribution in [3.05, 3.63) is 23.7 Å². The fraction of sp³-hybridized carbons (Fsp3) is 0.500. The van der Waals surface area contributed by atoms with E-state index in [2.05, 4.69) is 28.5 Å². The third-order valence-corrected chi connectivity index (χ3v) is 4.38. The lowest BCUT2D eigenvalue weighted by atomic mass is 9.85. The number of fused-ring (bicyclic) bond motifs is 1. The number of anilines is 1. The van der Waals surface area contributed by atoms with Crippen molar-refractivity contribution in [2.24, 2.45) is 0 Å². The Kier molecular flexibility index (Phi) is 3.68. The van der Waals surface area contributed by atoms with Gasteiger partial charge in [-0.2, -0.15) is 0 Å². The summed E-state index contributed by atoms with van der Waals surface area (Å²) < 4.78 is 12.4. The molecule has 0 saturated heterocycles. The van der Waals surface area contributed by atoms with Gasteiger partial charge in [0.15, 0.2) is 0 Å². The molecule has 5 heteroatoms. The number of hydrogen-bond donors (Lipinski definition) is 1. The van der Waals surface area contributed by atoms with Gasteiger partial charge in [-0.15, -0.1) is 11.3 Å². The van der Waals surface area contributed by atoms with E-state index in [0.717, 1.165) is 24.2 Å². The highest BCUT2D eigenvalue weighted by atomic mass is 32.1. The second-order valence-electron chi connectivity index (χ2n) is 4.72. The first kappa shape index (κ1) is 12.8. The van der Waals surface area contributed by atoms with E-state index in [1.807, 2.05) is 12.4 Å². The Balaban J connectivity index is 1.68. The van der Waals surface area contributed by atoms with E-state index in [1.165, 1.54) is 4.70 Å². The van der Waals surface area contributed by atoms with Crippen LogP contribution in [0.3, 0.4) is 0 Å². The highest BCUT2D eigenvalue weighted by Gasteiger charge is 2.42. The number of benzene rings is 1. The summed E-state index contributed by atoms with van der Waals surface area (Å²) in [5, 5.41) is 3.52. The quantitative estimate of drug-likeness (QED) is 0.913. The average molecular weight is 278 g/mol. The molecule has 1 fully saturated rings. The second kappa shape index (κ2) is 5.45. The van der Waals surface area contributed by atoms with E-state index in [9.17, 15) is 0 Å². The average Bonchev–Trinajstić information content (AvgIpc) is 2.85. The summed E-state index contributed by atoms with van der Waals surface area (Å²) in [6, 6.07) is 6.59. The Morgan fingerprint density at radius 1 is 1.47 bits per heavy atom. The molecule has 1 heterocycles. The Bertz CT molecular complexity index is 557. The molecule has 1 aliphatic carbocycles. The number of nitrogens with zero attached hydrogens (tertiary/aromatic N) is 1. The molecule has 102 valence electrons. The zero-order valence-corrected chi connectivity index (χ0v) is 11.9. The van der Waals surface area contributed by atoms with Crippen LogP contribution in [0.1, 0.15) is 13.3 Å². The van der Waals surface area contributed by atoms with E-state index >= 15 is 0 Å². The summed E-state index contributed by atoms with van der Waals surface area (Å²) in [6.45, 7) is 2.76. The molecule has 0 radical (unpaired) electrons. The van der Waals surface area contributed by atoms with Crippen LogP contribution >= 0.6 is 11.3 Å². The zero-order valence-electron chi connectivity index (χ0n) is 11.1. The lowest BCUT2D eigenvalue weighted by Crippen LogP contribution is -2.56. The summed E-state index contributed by atoms with van der Waals surface area (Å²) in [6.07, 6.45) is 1.35. The second-order valence-corrected chi connectivity index (χ2v) is 5.60. The van der Waals surface area contributed by atoms with Crippen molar-refractivity contribution in [3.63, 3.8) is 0 Å². The van der Waals surface area contributed by atoms with E-state index in [1.54, 1.807) is 18.4 Å². The Morgan fingerprint density at radius 3 is 3.16 bits per heavy atom. The van der Waals surface area contributed by atoms with Crippen molar-refractivity contribution in [2.75, 3.05) is 19.0 Å². The van der Waals surface area contributed by atoms with Crippen LogP contribution in [0.15, 0.2) is 23.7 Å². The third-order valence-electron chi connectivity index (χ3n) is 3.59. The van der Waals surface area contributed by atoms with Gasteiger partial charge in [0, 0.05) is 19.4 Å². The number of hydrogen-bond acceptors (Lipinski definition) is 5. The van der Waals surface area contributed by atoms with E-state index in [4.69, 9.17) is 9.47 Å². The van der Waals surface area contributed by atoms with Gasteiger partial charge in [0.2, 0.25) is 0 Å². The Hall–Kier alpha value is -1.17. The maximum atomic E-state index is 5.63. The molecule has 19 heavy (non-hydrogen) atoms. The molecule has 3 atom stereocenters.